The van der Waals surface area contributed by atoms with Crippen molar-refractivity contribution < 1.29 is 4.79 Å². The van der Waals surface area contributed by atoms with Crippen LogP contribution in [0, 0.1) is 13.8 Å². The fourth-order valence-corrected chi connectivity index (χ4v) is 2.60. The maximum absolute atomic E-state index is 12.5. The highest BCUT2D eigenvalue weighted by atomic mass is 16.1. The number of rotatable bonds is 3. The molecular formula is C17H17N3O2. The summed E-state index contributed by atoms with van der Waals surface area (Å²) in [5.41, 5.74) is 3.03. The van der Waals surface area contributed by atoms with Crippen LogP contribution in [0.25, 0.3) is 10.9 Å². The van der Waals surface area contributed by atoms with E-state index in [1.54, 1.807) is 18.2 Å². The lowest BCUT2D eigenvalue weighted by atomic mass is 10.1. The van der Waals surface area contributed by atoms with Gasteiger partial charge in [-0.3, -0.25) is 14.2 Å². The molecule has 0 bridgehead atoms. The molecule has 1 aromatic carbocycles. The zero-order valence-electron chi connectivity index (χ0n) is 12.8. The predicted molar refractivity (Wildman–Crippen MR) is 85.2 cm³/mol. The second kappa shape index (κ2) is 5.26. The lowest BCUT2D eigenvalue weighted by molar-refractivity contribution is 0.0970. The van der Waals surface area contributed by atoms with Crippen LogP contribution in [0.4, 0.5) is 0 Å². The van der Waals surface area contributed by atoms with Crippen LogP contribution in [0.2, 0.25) is 0 Å². The number of hydrogen-bond donors (Lipinski definition) is 0. The van der Waals surface area contributed by atoms with E-state index in [9.17, 15) is 9.59 Å². The zero-order chi connectivity index (χ0) is 15.9. The monoisotopic (exact) mass is 295 g/mol. The molecule has 5 nitrogen and oxygen atoms in total. The number of benzene rings is 1. The van der Waals surface area contributed by atoms with Crippen molar-refractivity contribution in [3.8, 4) is 0 Å². The van der Waals surface area contributed by atoms with Gasteiger partial charge in [-0.2, -0.15) is 0 Å². The summed E-state index contributed by atoms with van der Waals surface area (Å²) in [4.78, 5) is 29.1. The number of fused-ring (bicyclic) bond motifs is 1. The fraction of sp³-hybridized carbons (Fsp3) is 0.235. The van der Waals surface area contributed by atoms with Crippen LogP contribution in [-0.2, 0) is 13.6 Å². The van der Waals surface area contributed by atoms with Gasteiger partial charge in [-0.1, -0.05) is 12.1 Å². The number of carbonyl (C=O) groups is 1. The predicted octanol–water partition coefficient (Wildman–Crippen LogP) is 2.23. The van der Waals surface area contributed by atoms with Gasteiger partial charge in [-0.05, 0) is 32.0 Å². The fourth-order valence-electron chi connectivity index (χ4n) is 2.60. The van der Waals surface area contributed by atoms with Crippen molar-refractivity contribution in [3.05, 3.63) is 64.0 Å². The van der Waals surface area contributed by atoms with Crippen LogP contribution < -0.4 is 5.56 Å². The van der Waals surface area contributed by atoms with Crippen molar-refractivity contribution >= 4 is 16.7 Å². The Bertz CT molecular complexity index is 935. The summed E-state index contributed by atoms with van der Waals surface area (Å²) in [5, 5.41) is 0.527. The standard InChI is InChI=1S/C17H17N3O2/c1-11-8-14(12(2)19(11)3)16(21)9-20-10-18-15-7-5-4-6-13(15)17(20)22/h4-8,10H,9H2,1-3H3. The molecule has 0 aliphatic heterocycles. The Labute approximate surface area is 127 Å². The van der Waals surface area contributed by atoms with E-state index in [1.165, 1.54) is 10.9 Å². The molecule has 0 unspecified atom stereocenters. The number of ketones is 1. The summed E-state index contributed by atoms with van der Waals surface area (Å²) in [6.07, 6.45) is 1.44. The minimum absolute atomic E-state index is 0.000953. The molecule has 3 aromatic rings. The second-order valence-corrected chi connectivity index (χ2v) is 5.46. The van der Waals surface area contributed by atoms with Crippen LogP contribution in [0.3, 0.4) is 0 Å². The van der Waals surface area contributed by atoms with Crippen LogP contribution in [0.5, 0.6) is 0 Å². The topological polar surface area (TPSA) is 56.9 Å². The van der Waals surface area contributed by atoms with E-state index in [1.807, 2.05) is 37.6 Å². The van der Waals surface area contributed by atoms with E-state index < -0.39 is 0 Å². The first kappa shape index (κ1) is 14.3. The van der Waals surface area contributed by atoms with Crippen LogP contribution in [-0.4, -0.2) is 19.9 Å². The van der Waals surface area contributed by atoms with Gasteiger partial charge in [0.1, 0.15) is 0 Å². The number of hydrogen-bond acceptors (Lipinski definition) is 3. The normalized spacial score (nSPS) is 11.0. The molecule has 2 heterocycles. The first-order valence-corrected chi connectivity index (χ1v) is 7.09. The molecule has 0 radical (unpaired) electrons. The molecule has 0 aliphatic rings. The summed E-state index contributed by atoms with van der Waals surface area (Å²) >= 11 is 0. The third-order valence-electron chi connectivity index (χ3n) is 4.12. The van der Waals surface area contributed by atoms with Crippen molar-refractivity contribution in [3.63, 3.8) is 0 Å². The molecule has 0 atom stereocenters. The van der Waals surface area contributed by atoms with E-state index in [2.05, 4.69) is 4.98 Å². The number of nitrogens with zero attached hydrogens (tertiary/aromatic N) is 3. The van der Waals surface area contributed by atoms with Gasteiger partial charge in [-0.25, -0.2) is 4.98 Å². The molecule has 0 spiro atoms. The third-order valence-corrected chi connectivity index (χ3v) is 4.12. The smallest absolute Gasteiger partial charge is 0.261 e. The molecule has 0 N–H and O–H groups in total. The highest BCUT2D eigenvalue weighted by Gasteiger charge is 2.15. The molecular weight excluding hydrogens is 278 g/mol. The first-order chi connectivity index (χ1) is 10.5. The lowest BCUT2D eigenvalue weighted by Gasteiger charge is -2.06. The Morgan fingerprint density at radius 3 is 2.64 bits per heavy atom. The van der Waals surface area contributed by atoms with Gasteiger partial charge >= 0.3 is 0 Å². The van der Waals surface area contributed by atoms with Gasteiger partial charge in [0.05, 0.1) is 23.8 Å². The maximum Gasteiger partial charge on any atom is 0.261 e. The highest BCUT2D eigenvalue weighted by Crippen LogP contribution is 2.14. The van der Waals surface area contributed by atoms with E-state index >= 15 is 0 Å². The summed E-state index contributed by atoms with van der Waals surface area (Å²) in [6.45, 7) is 3.86. The first-order valence-electron chi connectivity index (χ1n) is 7.09. The Balaban J connectivity index is 1.99. The van der Waals surface area contributed by atoms with E-state index in [4.69, 9.17) is 0 Å². The van der Waals surface area contributed by atoms with Gasteiger partial charge in [0.15, 0.2) is 5.78 Å². The summed E-state index contributed by atoms with van der Waals surface area (Å²) in [5.74, 6) is -0.0830. The average Bonchev–Trinajstić information content (AvgIpc) is 2.78. The van der Waals surface area contributed by atoms with Crippen LogP contribution in [0.15, 0.2) is 41.5 Å². The van der Waals surface area contributed by atoms with Crippen molar-refractivity contribution in [2.45, 2.75) is 20.4 Å². The number of para-hydroxylation sites is 1. The molecule has 2 aromatic heterocycles. The van der Waals surface area contributed by atoms with Crippen molar-refractivity contribution in [1.82, 2.24) is 14.1 Å². The molecule has 22 heavy (non-hydrogen) atoms. The molecule has 0 amide bonds. The molecule has 0 aliphatic carbocycles. The van der Waals surface area contributed by atoms with Crippen LogP contribution >= 0.6 is 0 Å². The SMILES string of the molecule is Cc1cc(C(=O)Cn2cnc3ccccc3c2=O)c(C)n1C. The van der Waals surface area contributed by atoms with Crippen molar-refractivity contribution in [2.75, 3.05) is 0 Å². The van der Waals surface area contributed by atoms with Crippen molar-refractivity contribution in [2.24, 2.45) is 7.05 Å². The molecule has 0 saturated heterocycles. The Morgan fingerprint density at radius 1 is 1.23 bits per heavy atom. The van der Waals surface area contributed by atoms with E-state index in [-0.39, 0.29) is 17.9 Å². The molecule has 5 heteroatoms. The highest BCUT2D eigenvalue weighted by molar-refractivity contribution is 5.97. The average molecular weight is 295 g/mol. The second-order valence-electron chi connectivity index (χ2n) is 5.46. The minimum atomic E-state index is -0.191. The molecule has 0 fully saturated rings. The van der Waals surface area contributed by atoms with Crippen LogP contribution in [0.1, 0.15) is 21.7 Å². The molecule has 3 rings (SSSR count). The minimum Gasteiger partial charge on any atom is -0.351 e. The Kier molecular flexibility index (Phi) is 3.41. The summed E-state index contributed by atoms with van der Waals surface area (Å²) in [6, 6.07) is 9.00. The largest absolute Gasteiger partial charge is 0.351 e. The number of aryl methyl sites for hydroxylation is 1. The van der Waals surface area contributed by atoms with Gasteiger partial charge in [-0.15, -0.1) is 0 Å². The third kappa shape index (κ3) is 2.24. The summed E-state index contributed by atoms with van der Waals surface area (Å²) < 4.78 is 3.33. The maximum atomic E-state index is 12.5. The van der Waals surface area contributed by atoms with E-state index in [0.29, 0.717) is 16.5 Å². The van der Waals surface area contributed by atoms with E-state index in [0.717, 1.165) is 11.4 Å². The zero-order valence-corrected chi connectivity index (χ0v) is 12.8. The Morgan fingerprint density at radius 2 is 1.95 bits per heavy atom. The number of aromatic nitrogens is 3. The molecule has 112 valence electrons. The molecule has 0 saturated carbocycles. The number of carbonyl (C=O) groups excluding carboxylic acids is 1. The number of Topliss-reactive ketones (excluding diaryl/α,β-unsaturated/α-hetero) is 1. The van der Waals surface area contributed by atoms with Gasteiger partial charge in [0.25, 0.3) is 5.56 Å². The Hall–Kier alpha value is -2.69. The quantitative estimate of drug-likeness (QED) is 0.696. The summed E-state index contributed by atoms with van der Waals surface area (Å²) in [7, 11) is 1.92. The van der Waals surface area contributed by atoms with Crippen molar-refractivity contribution in [1.29, 1.82) is 0 Å². The van der Waals surface area contributed by atoms with Gasteiger partial charge < -0.3 is 4.57 Å². The van der Waals surface area contributed by atoms with Gasteiger partial charge in [0, 0.05) is 24.0 Å². The lowest BCUT2D eigenvalue weighted by Crippen LogP contribution is -2.24. The van der Waals surface area contributed by atoms with Gasteiger partial charge in [0.2, 0.25) is 0 Å².